The maximum Gasteiger partial charge on any atom is 0.306 e. The van der Waals surface area contributed by atoms with Crippen LogP contribution in [0.4, 0.5) is 0 Å². The van der Waals surface area contributed by atoms with Gasteiger partial charge in [-0.15, -0.1) is 0 Å². The molecule has 0 aliphatic heterocycles. The second kappa shape index (κ2) is 22.6. The van der Waals surface area contributed by atoms with Crippen molar-refractivity contribution in [2.45, 2.75) is 155 Å². The number of hydrogen-bond donors (Lipinski definition) is 1. The molecular weight excluding hydrogens is 376 g/mol. The van der Waals surface area contributed by atoms with Gasteiger partial charge in [0, 0.05) is 12.8 Å². The lowest BCUT2D eigenvalue weighted by Crippen LogP contribution is -2.18. The lowest BCUT2D eigenvalue weighted by Gasteiger charge is -2.18. The number of esters is 1. The van der Waals surface area contributed by atoms with Gasteiger partial charge in [-0.2, -0.15) is 0 Å². The fourth-order valence-electron chi connectivity index (χ4n) is 3.89. The third kappa shape index (κ3) is 21.6. The van der Waals surface area contributed by atoms with Gasteiger partial charge in [-0.25, -0.2) is 0 Å². The van der Waals surface area contributed by atoms with E-state index in [0.717, 1.165) is 57.8 Å². The van der Waals surface area contributed by atoms with Crippen LogP contribution in [0.5, 0.6) is 0 Å². The van der Waals surface area contributed by atoms with E-state index in [1.807, 2.05) is 0 Å². The molecule has 0 fully saturated rings. The molecule has 178 valence electrons. The van der Waals surface area contributed by atoms with Crippen LogP contribution in [-0.2, 0) is 14.3 Å². The van der Waals surface area contributed by atoms with E-state index in [1.165, 1.54) is 64.2 Å². The van der Waals surface area contributed by atoms with Crippen LogP contribution in [0.25, 0.3) is 0 Å². The topological polar surface area (TPSA) is 63.6 Å². The summed E-state index contributed by atoms with van der Waals surface area (Å²) in [5.41, 5.74) is 0. The SMILES string of the molecule is CCCCCCCCCCCC(=O)OC(CCCCCC)CCCCCCC(=O)O. The highest BCUT2D eigenvalue weighted by molar-refractivity contribution is 5.69. The average molecular weight is 427 g/mol. The van der Waals surface area contributed by atoms with E-state index in [-0.39, 0.29) is 18.5 Å². The summed E-state index contributed by atoms with van der Waals surface area (Å²) in [5, 5.41) is 8.70. The van der Waals surface area contributed by atoms with Gasteiger partial charge in [-0.05, 0) is 38.5 Å². The van der Waals surface area contributed by atoms with Crippen LogP contribution in [0, 0.1) is 0 Å². The van der Waals surface area contributed by atoms with E-state index < -0.39 is 5.97 Å². The van der Waals surface area contributed by atoms with Gasteiger partial charge in [0.1, 0.15) is 6.10 Å². The molecule has 0 saturated heterocycles. The normalized spacial score (nSPS) is 12.1. The minimum absolute atomic E-state index is 0.0238. The first-order valence-corrected chi connectivity index (χ1v) is 13.0. The van der Waals surface area contributed by atoms with Crippen LogP contribution < -0.4 is 0 Å². The minimum atomic E-state index is -0.714. The van der Waals surface area contributed by atoms with Gasteiger partial charge in [-0.3, -0.25) is 9.59 Å². The van der Waals surface area contributed by atoms with E-state index >= 15 is 0 Å². The zero-order valence-electron chi connectivity index (χ0n) is 20.1. The molecule has 1 atom stereocenters. The molecule has 0 heterocycles. The molecule has 4 heteroatoms. The van der Waals surface area contributed by atoms with Crippen molar-refractivity contribution in [3.05, 3.63) is 0 Å². The largest absolute Gasteiger partial charge is 0.481 e. The summed E-state index contributed by atoms with van der Waals surface area (Å²) in [6, 6.07) is 0. The number of unbranched alkanes of at least 4 members (excludes halogenated alkanes) is 14. The minimum Gasteiger partial charge on any atom is -0.481 e. The number of ether oxygens (including phenoxy) is 1. The number of aliphatic carboxylic acids is 1. The Kier molecular flexibility index (Phi) is 21.8. The van der Waals surface area contributed by atoms with Gasteiger partial charge in [0.25, 0.3) is 0 Å². The Morgan fingerprint density at radius 1 is 0.600 bits per heavy atom. The number of carboxylic acids is 1. The summed E-state index contributed by atoms with van der Waals surface area (Å²) < 4.78 is 5.81. The highest BCUT2D eigenvalue weighted by Gasteiger charge is 2.14. The number of carbonyl (C=O) groups excluding carboxylic acids is 1. The van der Waals surface area contributed by atoms with Crippen molar-refractivity contribution in [2.75, 3.05) is 0 Å². The molecule has 0 aromatic heterocycles. The third-order valence-corrected chi connectivity index (χ3v) is 5.83. The van der Waals surface area contributed by atoms with Crippen LogP contribution in [0.2, 0.25) is 0 Å². The van der Waals surface area contributed by atoms with E-state index in [4.69, 9.17) is 9.84 Å². The van der Waals surface area contributed by atoms with E-state index in [9.17, 15) is 9.59 Å². The molecule has 1 unspecified atom stereocenters. The van der Waals surface area contributed by atoms with Crippen molar-refractivity contribution in [3.63, 3.8) is 0 Å². The predicted octanol–water partition coefficient (Wildman–Crippen LogP) is 8.21. The molecule has 0 saturated carbocycles. The van der Waals surface area contributed by atoms with Gasteiger partial charge >= 0.3 is 11.9 Å². The molecule has 0 spiro atoms. The van der Waals surface area contributed by atoms with Crippen LogP contribution in [-0.4, -0.2) is 23.1 Å². The zero-order chi connectivity index (χ0) is 22.3. The number of rotatable bonds is 23. The van der Waals surface area contributed by atoms with E-state index in [2.05, 4.69) is 13.8 Å². The third-order valence-electron chi connectivity index (χ3n) is 5.83. The Hall–Kier alpha value is -1.06. The molecule has 0 bridgehead atoms. The summed E-state index contributed by atoms with van der Waals surface area (Å²) in [7, 11) is 0. The van der Waals surface area contributed by atoms with Crippen molar-refractivity contribution in [3.8, 4) is 0 Å². The van der Waals surface area contributed by atoms with Crippen molar-refractivity contribution < 1.29 is 19.4 Å². The molecule has 1 N–H and O–H groups in total. The maximum atomic E-state index is 12.3. The standard InChI is InChI=1S/C26H50O4/c1-3-5-7-9-10-11-12-13-19-23-26(29)30-24(20-16-8-6-4-2)21-17-14-15-18-22-25(27)28/h24H,3-23H2,1-2H3,(H,27,28). The molecule has 0 radical (unpaired) electrons. The number of hydrogen-bond acceptors (Lipinski definition) is 3. The van der Waals surface area contributed by atoms with Crippen LogP contribution in [0.1, 0.15) is 149 Å². The fraction of sp³-hybridized carbons (Fsp3) is 0.923. The molecule has 0 aliphatic carbocycles. The summed E-state index contributed by atoms with van der Waals surface area (Å²) in [6.45, 7) is 4.46. The van der Waals surface area contributed by atoms with Gasteiger partial charge in [0.05, 0.1) is 0 Å². The van der Waals surface area contributed by atoms with Crippen LogP contribution >= 0.6 is 0 Å². The van der Waals surface area contributed by atoms with Gasteiger partial charge < -0.3 is 9.84 Å². The maximum absolute atomic E-state index is 12.3. The van der Waals surface area contributed by atoms with E-state index in [1.54, 1.807) is 0 Å². The molecule has 0 rings (SSSR count). The Morgan fingerprint density at radius 3 is 1.50 bits per heavy atom. The van der Waals surface area contributed by atoms with Crippen LogP contribution in [0.3, 0.4) is 0 Å². The van der Waals surface area contributed by atoms with Gasteiger partial charge in [-0.1, -0.05) is 97.3 Å². The molecular formula is C26H50O4. The lowest BCUT2D eigenvalue weighted by atomic mass is 10.0. The molecule has 0 aliphatic rings. The van der Waals surface area contributed by atoms with Gasteiger partial charge in [0.15, 0.2) is 0 Å². The smallest absolute Gasteiger partial charge is 0.306 e. The van der Waals surface area contributed by atoms with Crippen molar-refractivity contribution in [1.29, 1.82) is 0 Å². The van der Waals surface area contributed by atoms with Crippen molar-refractivity contribution in [2.24, 2.45) is 0 Å². The fourth-order valence-corrected chi connectivity index (χ4v) is 3.89. The summed E-state index contributed by atoms with van der Waals surface area (Å²) in [5.74, 6) is -0.737. The van der Waals surface area contributed by atoms with Gasteiger partial charge in [0.2, 0.25) is 0 Å². The lowest BCUT2D eigenvalue weighted by molar-refractivity contribution is -0.150. The molecule has 4 nitrogen and oxygen atoms in total. The molecule has 0 aromatic carbocycles. The first-order chi connectivity index (χ1) is 14.6. The van der Waals surface area contributed by atoms with E-state index in [0.29, 0.717) is 6.42 Å². The highest BCUT2D eigenvalue weighted by Crippen LogP contribution is 2.17. The zero-order valence-corrected chi connectivity index (χ0v) is 20.1. The Balaban J connectivity index is 3.91. The quantitative estimate of drug-likeness (QED) is 0.132. The first-order valence-electron chi connectivity index (χ1n) is 13.0. The Bertz CT molecular complexity index is 394. The first kappa shape index (κ1) is 28.9. The highest BCUT2D eigenvalue weighted by atomic mass is 16.5. The number of carbonyl (C=O) groups is 2. The molecule has 30 heavy (non-hydrogen) atoms. The summed E-state index contributed by atoms with van der Waals surface area (Å²) in [4.78, 5) is 22.8. The summed E-state index contributed by atoms with van der Waals surface area (Å²) >= 11 is 0. The number of carboxylic acid groups (broad SMARTS) is 1. The second-order valence-corrected chi connectivity index (χ2v) is 8.89. The monoisotopic (exact) mass is 426 g/mol. The Labute approximate surface area is 186 Å². The average Bonchev–Trinajstić information content (AvgIpc) is 2.72. The molecule has 0 amide bonds. The van der Waals surface area contributed by atoms with Crippen LogP contribution in [0.15, 0.2) is 0 Å². The summed E-state index contributed by atoms with van der Waals surface area (Å²) in [6.07, 6.45) is 22.6. The Morgan fingerprint density at radius 2 is 1.00 bits per heavy atom. The predicted molar refractivity (Wildman–Crippen MR) is 126 cm³/mol. The second-order valence-electron chi connectivity index (χ2n) is 8.89. The van der Waals surface area contributed by atoms with Crippen molar-refractivity contribution in [1.82, 2.24) is 0 Å². The van der Waals surface area contributed by atoms with Crippen molar-refractivity contribution >= 4 is 11.9 Å². The molecule has 0 aromatic rings.